The summed E-state index contributed by atoms with van der Waals surface area (Å²) in [5, 5.41) is 9.16. The third-order valence-corrected chi connectivity index (χ3v) is 2.34. The van der Waals surface area contributed by atoms with Crippen LogP contribution in [0, 0.1) is 0 Å². The molecule has 0 spiro atoms. The molecule has 1 aromatic rings. The molecule has 4 heteroatoms. The molecule has 1 rings (SSSR count). The van der Waals surface area contributed by atoms with Crippen molar-refractivity contribution < 1.29 is 9.94 Å². The maximum atomic E-state index is 9.16. The normalized spacial score (nSPS) is 12.9. The maximum Gasteiger partial charge on any atom is 0.116 e. The lowest BCUT2D eigenvalue weighted by molar-refractivity contribution is 0.0658. The zero-order valence-electron chi connectivity index (χ0n) is 6.62. The minimum Gasteiger partial charge on any atom is -0.508 e. The van der Waals surface area contributed by atoms with Gasteiger partial charge in [-0.1, -0.05) is 15.9 Å². The Hall–Kier alpha value is -0.580. The van der Waals surface area contributed by atoms with Crippen LogP contribution in [0.2, 0.25) is 0 Å². The number of phenols is 1. The highest BCUT2D eigenvalue weighted by Gasteiger charge is 2.09. The number of nitrogens with two attached hydrogens (primary N) is 1. The molecule has 0 amide bonds. The van der Waals surface area contributed by atoms with Crippen LogP contribution in [0.25, 0.3) is 0 Å². The van der Waals surface area contributed by atoms with Gasteiger partial charge in [0.05, 0.1) is 0 Å². The van der Waals surface area contributed by atoms with Crippen LogP contribution in [0.15, 0.2) is 22.7 Å². The van der Waals surface area contributed by atoms with Gasteiger partial charge in [-0.2, -0.15) is 0 Å². The first kappa shape index (κ1) is 9.51. The quantitative estimate of drug-likeness (QED) is 0.767. The summed E-state index contributed by atoms with van der Waals surface area (Å²) in [6.07, 6.45) is -0.230. The van der Waals surface area contributed by atoms with E-state index in [-0.39, 0.29) is 11.9 Å². The minimum atomic E-state index is -0.230. The zero-order chi connectivity index (χ0) is 9.14. The average molecular weight is 232 g/mol. The number of halogens is 1. The number of hydrogen-bond donors (Lipinski definition) is 2. The van der Waals surface area contributed by atoms with E-state index in [1.165, 1.54) is 0 Å². The number of aromatic hydroxyl groups is 1. The van der Waals surface area contributed by atoms with Gasteiger partial charge in [0.2, 0.25) is 0 Å². The van der Waals surface area contributed by atoms with E-state index in [4.69, 9.17) is 11.0 Å². The minimum absolute atomic E-state index is 0.206. The van der Waals surface area contributed by atoms with Gasteiger partial charge >= 0.3 is 0 Å². The van der Waals surface area contributed by atoms with Gasteiger partial charge in [0.15, 0.2) is 0 Å². The van der Waals surface area contributed by atoms with Gasteiger partial charge in [0, 0.05) is 10.0 Å². The smallest absolute Gasteiger partial charge is 0.116 e. The van der Waals surface area contributed by atoms with Crippen LogP contribution < -0.4 is 5.90 Å². The van der Waals surface area contributed by atoms with Crippen molar-refractivity contribution in [2.45, 2.75) is 13.0 Å². The number of hydrogen-bond acceptors (Lipinski definition) is 3. The Balaban J connectivity index is 3.04. The van der Waals surface area contributed by atoms with E-state index in [9.17, 15) is 0 Å². The van der Waals surface area contributed by atoms with E-state index >= 15 is 0 Å². The zero-order valence-corrected chi connectivity index (χ0v) is 8.21. The summed E-state index contributed by atoms with van der Waals surface area (Å²) < 4.78 is 0.873. The van der Waals surface area contributed by atoms with Gasteiger partial charge in [-0.25, -0.2) is 5.90 Å². The van der Waals surface area contributed by atoms with Gasteiger partial charge in [-0.05, 0) is 25.1 Å². The van der Waals surface area contributed by atoms with Crippen LogP contribution in [-0.2, 0) is 4.84 Å². The molecule has 12 heavy (non-hydrogen) atoms. The fraction of sp³-hybridized carbons (Fsp3) is 0.250. The average Bonchev–Trinajstić information content (AvgIpc) is 2.08. The first-order chi connectivity index (χ1) is 5.65. The van der Waals surface area contributed by atoms with Crippen molar-refractivity contribution in [2.75, 3.05) is 0 Å². The first-order valence-electron chi connectivity index (χ1n) is 3.49. The largest absolute Gasteiger partial charge is 0.508 e. The number of benzene rings is 1. The van der Waals surface area contributed by atoms with E-state index in [2.05, 4.69) is 20.8 Å². The van der Waals surface area contributed by atoms with Crippen molar-refractivity contribution in [3.05, 3.63) is 28.2 Å². The molecule has 0 fully saturated rings. The van der Waals surface area contributed by atoms with Gasteiger partial charge in [-0.15, -0.1) is 0 Å². The van der Waals surface area contributed by atoms with Gasteiger partial charge < -0.3 is 5.11 Å². The van der Waals surface area contributed by atoms with Crippen molar-refractivity contribution in [1.82, 2.24) is 0 Å². The van der Waals surface area contributed by atoms with Crippen molar-refractivity contribution in [3.8, 4) is 5.75 Å². The topological polar surface area (TPSA) is 55.5 Å². The Labute approximate surface area is 79.2 Å². The monoisotopic (exact) mass is 231 g/mol. The van der Waals surface area contributed by atoms with E-state index in [1.54, 1.807) is 25.1 Å². The van der Waals surface area contributed by atoms with Crippen molar-refractivity contribution in [3.63, 3.8) is 0 Å². The highest BCUT2D eigenvalue weighted by molar-refractivity contribution is 9.10. The Morgan fingerprint density at radius 2 is 2.25 bits per heavy atom. The maximum absolute atomic E-state index is 9.16. The molecular weight excluding hydrogens is 222 g/mol. The summed E-state index contributed by atoms with van der Waals surface area (Å²) in [7, 11) is 0. The van der Waals surface area contributed by atoms with E-state index in [0.717, 1.165) is 10.0 Å². The van der Waals surface area contributed by atoms with Crippen LogP contribution in [0.3, 0.4) is 0 Å². The second kappa shape index (κ2) is 3.89. The number of rotatable bonds is 2. The van der Waals surface area contributed by atoms with Crippen LogP contribution in [0.4, 0.5) is 0 Å². The molecule has 1 atom stereocenters. The fourth-order valence-electron chi connectivity index (χ4n) is 0.916. The molecule has 0 aliphatic heterocycles. The molecule has 0 aliphatic rings. The Morgan fingerprint density at radius 3 is 2.83 bits per heavy atom. The third kappa shape index (κ3) is 1.97. The lowest BCUT2D eigenvalue weighted by atomic mass is 10.1. The van der Waals surface area contributed by atoms with Crippen LogP contribution in [-0.4, -0.2) is 5.11 Å². The molecule has 0 aliphatic carbocycles. The molecule has 1 unspecified atom stereocenters. The van der Waals surface area contributed by atoms with E-state index in [1.807, 2.05) is 0 Å². The first-order valence-corrected chi connectivity index (χ1v) is 4.28. The second-order valence-electron chi connectivity index (χ2n) is 2.48. The summed E-state index contributed by atoms with van der Waals surface area (Å²) in [4.78, 5) is 4.63. The SMILES string of the molecule is CC(ON)c1cc(O)ccc1Br. The summed E-state index contributed by atoms with van der Waals surface area (Å²) in [5.41, 5.74) is 0.831. The van der Waals surface area contributed by atoms with Crippen molar-refractivity contribution in [2.24, 2.45) is 5.90 Å². The lowest BCUT2D eigenvalue weighted by Gasteiger charge is -2.10. The van der Waals surface area contributed by atoms with Gasteiger partial charge in [-0.3, -0.25) is 4.84 Å². The van der Waals surface area contributed by atoms with E-state index < -0.39 is 0 Å². The molecular formula is C8H10BrNO2. The van der Waals surface area contributed by atoms with Crippen LogP contribution in [0.5, 0.6) is 5.75 Å². The van der Waals surface area contributed by atoms with Crippen LogP contribution in [0.1, 0.15) is 18.6 Å². The molecule has 0 radical (unpaired) electrons. The van der Waals surface area contributed by atoms with E-state index in [0.29, 0.717) is 0 Å². The summed E-state index contributed by atoms with van der Waals surface area (Å²) in [6, 6.07) is 4.96. The lowest BCUT2D eigenvalue weighted by Crippen LogP contribution is -2.05. The molecule has 0 heterocycles. The predicted molar refractivity (Wildman–Crippen MR) is 49.5 cm³/mol. The molecule has 0 saturated heterocycles. The Kier molecular flexibility index (Phi) is 3.08. The molecule has 0 aromatic heterocycles. The standard InChI is InChI=1S/C8H10BrNO2/c1-5(12-10)7-4-6(11)2-3-8(7)9/h2-5,11H,10H2,1H3. The van der Waals surface area contributed by atoms with Crippen LogP contribution >= 0.6 is 15.9 Å². The number of phenolic OH excluding ortho intramolecular Hbond substituents is 1. The molecule has 1 aromatic carbocycles. The summed E-state index contributed by atoms with van der Waals surface area (Å²) in [5.74, 6) is 5.23. The van der Waals surface area contributed by atoms with Gasteiger partial charge in [0.25, 0.3) is 0 Å². The Bertz CT molecular complexity index is 278. The predicted octanol–water partition coefficient (Wildman–Crippen LogP) is 2.11. The fourth-order valence-corrected chi connectivity index (χ4v) is 1.48. The molecule has 66 valence electrons. The molecule has 0 saturated carbocycles. The highest BCUT2D eigenvalue weighted by atomic mass is 79.9. The van der Waals surface area contributed by atoms with Crippen molar-refractivity contribution >= 4 is 15.9 Å². The molecule has 0 bridgehead atoms. The van der Waals surface area contributed by atoms with Crippen molar-refractivity contribution in [1.29, 1.82) is 0 Å². The highest BCUT2D eigenvalue weighted by Crippen LogP contribution is 2.27. The second-order valence-corrected chi connectivity index (χ2v) is 3.34. The summed E-state index contributed by atoms with van der Waals surface area (Å²) >= 11 is 3.33. The summed E-state index contributed by atoms with van der Waals surface area (Å²) in [6.45, 7) is 1.81. The van der Waals surface area contributed by atoms with Gasteiger partial charge in [0.1, 0.15) is 11.9 Å². The molecule has 3 N–H and O–H groups in total. The Morgan fingerprint density at radius 1 is 1.58 bits per heavy atom. The third-order valence-electron chi connectivity index (χ3n) is 1.62. The molecule has 3 nitrogen and oxygen atoms in total.